The standard InChI is InChI=1S/C7H10S/c1-2-3-4-5-6-7-8/h2-6,8H,1,7H2. The molecule has 0 bridgehead atoms. The van der Waals surface area contributed by atoms with E-state index in [1.165, 1.54) is 0 Å². The Kier molecular flexibility index (Phi) is 6.22. The van der Waals surface area contributed by atoms with Crippen molar-refractivity contribution in [2.45, 2.75) is 0 Å². The molecule has 0 aromatic rings. The van der Waals surface area contributed by atoms with Crippen molar-refractivity contribution in [1.82, 2.24) is 0 Å². The van der Waals surface area contributed by atoms with Gasteiger partial charge in [0.25, 0.3) is 0 Å². The lowest BCUT2D eigenvalue weighted by atomic mass is 10.4. The smallest absolute Gasteiger partial charge is 0.00856 e. The first kappa shape index (κ1) is 7.57. The van der Waals surface area contributed by atoms with E-state index in [0.29, 0.717) is 0 Å². The molecule has 0 spiro atoms. The number of allylic oxidation sites excluding steroid dienone is 4. The van der Waals surface area contributed by atoms with Gasteiger partial charge in [0.05, 0.1) is 0 Å². The minimum atomic E-state index is 0.793. The van der Waals surface area contributed by atoms with E-state index in [2.05, 4.69) is 19.2 Å². The first-order valence-electron chi connectivity index (χ1n) is 2.47. The fourth-order valence-corrected chi connectivity index (χ4v) is 0.404. The Labute approximate surface area is 56.0 Å². The molecule has 0 saturated carbocycles. The summed E-state index contributed by atoms with van der Waals surface area (Å²) >= 11 is 3.98. The highest BCUT2D eigenvalue weighted by molar-refractivity contribution is 7.80. The molecule has 0 radical (unpaired) electrons. The largest absolute Gasteiger partial charge is 0.175 e. The van der Waals surface area contributed by atoms with Crippen LogP contribution in [0.3, 0.4) is 0 Å². The fraction of sp³-hybridized carbons (Fsp3) is 0.143. The van der Waals surface area contributed by atoms with E-state index in [0.717, 1.165) is 5.75 Å². The summed E-state index contributed by atoms with van der Waals surface area (Å²) in [4.78, 5) is 0. The zero-order valence-electron chi connectivity index (χ0n) is 4.75. The van der Waals surface area contributed by atoms with E-state index in [9.17, 15) is 0 Å². The van der Waals surface area contributed by atoms with Gasteiger partial charge in [-0.15, -0.1) is 0 Å². The minimum Gasteiger partial charge on any atom is -0.175 e. The van der Waals surface area contributed by atoms with Crippen LogP contribution in [-0.4, -0.2) is 5.75 Å². The summed E-state index contributed by atoms with van der Waals surface area (Å²) in [5.74, 6) is 0.793. The molecule has 0 saturated heterocycles. The van der Waals surface area contributed by atoms with Gasteiger partial charge in [0, 0.05) is 5.75 Å². The fourth-order valence-electron chi connectivity index (χ4n) is 0.282. The number of hydrogen-bond acceptors (Lipinski definition) is 1. The van der Waals surface area contributed by atoms with E-state index in [-0.39, 0.29) is 0 Å². The van der Waals surface area contributed by atoms with Gasteiger partial charge in [-0.3, -0.25) is 0 Å². The molecule has 0 nitrogen and oxygen atoms in total. The van der Waals surface area contributed by atoms with Gasteiger partial charge in [-0.05, 0) is 0 Å². The maximum absolute atomic E-state index is 3.98. The zero-order valence-corrected chi connectivity index (χ0v) is 5.64. The molecule has 0 aromatic carbocycles. The first-order valence-corrected chi connectivity index (χ1v) is 3.10. The predicted molar refractivity (Wildman–Crippen MR) is 42.3 cm³/mol. The average Bonchev–Trinajstić information content (AvgIpc) is 1.81. The Bertz CT molecular complexity index is 101. The Morgan fingerprint density at radius 3 is 2.50 bits per heavy atom. The van der Waals surface area contributed by atoms with Gasteiger partial charge >= 0.3 is 0 Å². The van der Waals surface area contributed by atoms with E-state index >= 15 is 0 Å². The molecular weight excluding hydrogens is 116 g/mol. The molecule has 0 aromatic heterocycles. The van der Waals surface area contributed by atoms with Crippen LogP contribution in [0.5, 0.6) is 0 Å². The lowest BCUT2D eigenvalue weighted by Gasteiger charge is -1.71. The van der Waals surface area contributed by atoms with Crippen molar-refractivity contribution in [3.05, 3.63) is 37.0 Å². The van der Waals surface area contributed by atoms with Crippen LogP contribution in [0.2, 0.25) is 0 Å². The van der Waals surface area contributed by atoms with Crippen LogP contribution in [-0.2, 0) is 0 Å². The van der Waals surface area contributed by atoms with Gasteiger partial charge in [-0.1, -0.05) is 37.0 Å². The molecule has 0 aliphatic carbocycles. The summed E-state index contributed by atoms with van der Waals surface area (Å²) in [6.07, 6.45) is 9.43. The average molecular weight is 126 g/mol. The SMILES string of the molecule is C=CC=CC=CCS. The Morgan fingerprint density at radius 2 is 2.00 bits per heavy atom. The Morgan fingerprint density at radius 1 is 1.25 bits per heavy atom. The highest BCUT2D eigenvalue weighted by Crippen LogP contribution is 1.79. The molecule has 0 aliphatic heterocycles. The molecule has 0 unspecified atom stereocenters. The summed E-state index contributed by atoms with van der Waals surface area (Å²) in [7, 11) is 0. The van der Waals surface area contributed by atoms with Crippen LogP contribution in [0.4, 0.5) is 0 Å². The monoisotopic (exact) mass is 126 g/mol. The van der Waals surface area contributed by atoms with Gasteiger partial charge in [0.2, 0.25) is 0 Å². The molecular formula is C7H10S. The lowest BCUT2D eigenvalue weighted by molar-refractivity contribution is 1.77. The lowest BCUT2D eigenvalue weighted by Crippen LogP contribution is -1.55. The van der Waals surface area contributed by atoms with Crippen LogP contribution < -0.4 is 0 Å². The van der Waals surface area contributed by atoms with Gasteiger partial charge < -0.3 is 0 Å². The summed E-state index contributed by atoms with van der Waals surface area (Å²) in [6, 6.07) is 0. The van der Waals surface area contributed by atoms with Crippen molar-refractivity contribution < 1.29 is 0 Å². The highest BCUT2D eigenvalue weighted by atomic mass is 32.1. The van der Waals surface area contributed by atoms with E-state index in [1.807, 2.05) is 24.3 Å². The minimum absolute atomic E-state index is 0.793. The molecule has 8 heavy (non-hydrogen) atoms. The molecule has 0 heterocycles. The quantitative estimate of drug-likeness (QED) is 0.435. The highest BCUT2D eigenvalue weighted by Gasteiger charge is 1.59. The van der Waals surface area contributed by atoms with Crippen molar-refractivity contribution in [3.8, 4) is 0 Å². The van der Waals surface area contributed by atoms with E-state index in [1.54, 1.807) is 6.08 Å². The number of rotatable bonds is 3. The second kappa shape index (κ2) is 6.57. The van der Waals surface area contributed by atoms with Crippen molar-refractivity contribution in [3.63, 3.8) is 0 Å². The van der Waals surface area contributed by atoms with Crippen molar-refractivity contribution in [1.29, 1.82) is 0 Å². The molecule has 0 aliphatic rings. The van der Waals surface area contributed by atoms with Gasteiger partial charge in [-0.2, -0.15) is 12.6 Å². The molecule has 0 N–H and O–H groups in total. The molecule has 0 amide bonds. The summed E-state index contributed by atoms with van der Waals surface area (Å²) in [5, 5.41) is 0. The normalized spacial score (nSPS) is 11.1. The third-order valence-electron chi connectivity index (χ3n) is 0.600. The second-order valence-corrected chi connectivity index (χ2v) is 1.60. The molecule has 44 valence electrons. The van der Waals surface area contributed by atoms with Crippen LogP contribution in [0.25, 0.3) is 0 Å². The Balaban J connectivity index is 3.26. The summed E-state index contributed by atoms with van der Waals surface area (Å²) < 4.78 is 0. The van der Waals surface area contributed by atoms with Crippen LogP contribution in [0, 0.1) is 0 Å². The van der Waals surface area contributed by atoms with Crippen molar-refractivity contribution in [2.24, 2.45) is 0 Å². The molecule has 0 rings (SSSR count). The third kappa shape index (κ3) is 5.57. The second-order valence-electron chi connectivity index (χ2n) is 1.23. The summed E-state index contributed by atoms with van der Waals surface area (Å²) in [6.45, 7) is 3.52. The maximum atomic E-state index is 3.98. The van der Waals surface area contributed by atoms with Gasteiger partial charge in [-0.25, -0.2) is 0 Å². The summed E-state index contributed by atoms with van der Waals surface area (Å²) in [5.41, 5.74) is 0. The van der Waals surface area contributed by atoms with Crippen LogP contribution in [0.1, 0.15) is 0 Å². The molecule has 0 atom stereocenters. The maximum Gasteiger partial charge on any atom is 0.00856 e. The topological polar surface area (TPSA) is 0 Å². The van der Waals surface area contributed by atoms with E-state index in [4.69, 9.17) is 0 Å². The van der Waals surface area contributed by atoms with Gasteiger partial charge in [0.15, 0.2) is 0 Å². The van der Waals surface area contributed by atoms with Crippen molar-refractivity contribution in [2.75, 3.05) is 5.75 Å². The van der Waals surface area contributed by atoms with Crippen LogP contribution in [0.15, 0.2) is 37.0 Å². The molecule has 0 fully saturated rings. The number of hydrogen-bond donors (Lipinski definition) is 1. The predicted octanol–water partition coefficient (Wildman–Crippen LogP) is 2.21. The van der Waals surface area contributed by atoms with Crippen LogP contribution >= 0.6 is 12.6 Å². The first-order chi connectivity index (χ1) is 3.91. The third-order valence-corrected chi connectivity index (χ3v) is 0.811. The molecule has 1 heteroatoms. The van der Waals surface area contributed by atoms with E-state index < -0.39 is 0 Å². The van der Waals surface area contributed by atoms with Gasteiger partial charge in [0.1, 0.15) is 0 Å². The Hall–Kier alpha value is -0.430. The zero-order chi connectivity index (χ0) is 6.24. The van der Waals surface area contributed by atoms with Crippen molar-refractivity contribution >= 4 is 12.6 Å². The number of thiol groups is 1.